The van der Waals surface area contributed by atoms with Crippen molar-refractivity contribution in [3.05, 3.63) is 18.2 Å². The van der Waals surface area contributed by atoms with E-state index in [0.717, 1.165) is 5.82 Å². The minimum absolute atomic E-state index is 0.139. The highest BCUT2D eigenvalue weighted by Gasteiger charge is 2.15. The molecule has 1 heterocycles. The number of aryl methyl sites for hydroxylation is 1. The zero-order valence-electron chi connectivity index (χ0n) is 12.4. The predicted octanol–water partition coefficient (Wildman–Crippen LogP) is 1.60. The SMILES string of the molecule is CC(NCCNC(=O)OC(C)(C)C)c1nccn1C. The summed E-state index contributed by atoms with van der Waals surface area (Å²) in [7, 11) is 1.96. The molecule has 0 bridgehead atoms. The number of carbonyl (C=O) groups is 1. The molecule has 1 atom stereocenters. The maximum Gasteiger partial charge on any atom is 0.407 e. The Balaban J connectivity index is 2.21. The lowest BCUT2D eigenvalue weighted by Gasteiger charge is -2.20. The summed E-state index contributed by atoms with van der Waals surface area (Å²) in [5.41, 5.74) is -0.461. The van der Waals surface area contributed by atoms with Crippen molar-refractivity contribution < 1.29 is 9.53 Å². The summed E-state index contributed by atoms with van der Waals surface area (Å²) in [6.07, 6.45) is 3.29. The molecule has 6 nitrogen and oxygen atoms in total. The normalized spacial score (nSPS) is 13.1. The third-order valence-electron chi connectivity index (χ3n) is 2.49. The highest BCUT2D eigenvalue weighted by Crippen LogP contribution is 2.07. The van der Waals surface area contributed by atoms with Crippen LogP contribution in [0.1, 0.15) is 39.6 Å². The fourth-order valence-corrected chi connectivity index (χ4v) is 1.65. The zero-order valence-corrected chi connectivity index (χ0v) is 12.4. The van der Waals surface area contributed by atoms with Gasteiger partial charge in [-0.15, -0.1) is 0 Å². The average molecular weight is 268 g/mol. The van der Waals surface area contributed by atoms with Crippen LogP contribution < -0.4 is 10.6 Å². The van der Waals surface area contributed by atoms with Gasteiger partial charge in [-0.2, -0.15) is 0 Å². The first kappa shape index (κ1) is 15.5. The van der Waals surface area contributed by atoms with Crippen LogP contribution in [0, 0.1) is 0 Å². The Kier molecular flexibility index (Phi) is 5.35. The van der Waals surface area contributed by atoms with Crippen molar-refractivity contribution >= 4 is 6.09 Å². The lowest BCUT2D eigenvalue weighted by Crippen LogP contribution is -2.37. The van der Waals surface area contributed by atoms with Gasteiger partial charge in [0.25, 0.3) is 0 Å². The van der Waals surface area contributed by atoms with E-state index in [2.05, 4.69) is 15.6 Å². The van der Waals surface area contributed by atoms with E-state index in [1.807, 2.05) is 45.5 Å². The number of ether oxygens (including phenoxy) is 1. The fourth-order valence-electron chi connectivity index (χ4n) is 1.65. The van der Waals surface area contributed by atoms with Crippen molar-refractivity contribution in [2.75, 3.05) is 13.1 Å². The largest absolute Gasteiger partial charge is 0.444 e. The summed E-state index contributed by atoms with van der Waals surface area (Å²) in [5, 5.41) is 5.99. The van der Waals surface area contributed by atoms with E-state index in [1.165, 1.54) is 0 Å². The molecule has 0 aromatic carbocycles. The summed E-state index contributed by atoms with van der Waals surface area (Å²) in [5.74, 6) is 0.970. The van der Waals surface area contributed by atoms with Gasteiger partial charge in [0.2, 0.25) is 0 Å². The molecule has 0 spiro atoms. The maximum atomic E-state index is 11.4. The summed E-state index contributed by atoms with van der Waals surface area (Å²) in [4.78, 5) is 15.7. The van der Waals surface area contributed by atoms with E-state index in [9.17, 15) is 4.79 Å². The van der Waals surface area contributed by atoms with Gasteiger partial charge >= 0.3 is 6.09 Å². The Morgan fingerprint density at radius 1 is 1.47 bits per heavy atom. The third-order valence-corrected chi connectivity index (χ3v) is 2.49. The van der Waals surface area contributed by atoms with Crippen molar-refractivity contribution in [3.63, 3.8) is 0 Å². The molecule has 1 aromatic rings. The maximum absolute atomic E-state index is 11.4. The number of aromatic nitrogens is 2. The Morgan fingerprint density at radius 3 is 2.68 bits per heavy atom. The molecule has 6 heteroatoms. The molecular formula is C13H24N4O2. The van der Waals surface area contributed by atoms with Gasteiger partial charge < -0.3 is 19.9 Å². The van der Waals surface area contributed by atoms with E-state index >= 15 is 0 Å². The van der Waals surface area contributed by atoms with E-state index in [4.69, 9.17) is 4.74 Å². The first-order valence-electron chi connectivity index (χ1n) is 6.47. The fraction of sp³-hybridized carbons (Fsp3) is 0.692. The van der Waals surface area contributed by atoms with Crippen molar-refractivity contribution in [3.8, 4) is 0 Å². The molecule has 19 heavy (non-hydrogen) atoms. The number of amides is 1. The van der Waals surface area contributed by atoms with Gasteiger partial charge in [-0.3, -0.25) is 0 Å². The first-order chi connectivity index (χ1) is 8.79. The molecule has 0 saturated carbocycles. The standard InChI is InChI=1S/C13H24N4O2/c1-10(11-15-8-9-17(11)5)14-6-7-16-12(18)19-13(2,3)4/h8-10,14H,6-7H2,1-5H3,(H,16,18). The summed E-state index contributed by atoms with van der Waals surface area (Å²) in [6, 6.07) is 0.139. The number of carbonyl (C=O) groups excluding carboxylic acids is 1. The molecule has 0 aliphatic carbocycles. The Bertz CT molecular complexity index is 409. The van der Waals surface area contributed by atoms with Gasteiger partial charge in [0.1, 0.15) is 11.4 Å². The summed E-state index contributed by atoms with van der Waals surface area (Å²) >= 11 is 0. The van der Waals surface area contributed by atoms with Crippen molar-refractivity contribution in [1.29, 1.82) is 0 Å². The van der Waals surface area contributed by atoms with Gasteiger partial charge in [0.15, 0.2) is 0 Å². The van der Waals surface area contributed by atoms with E-state index in [1.54, 1.807) is 6.20 Å². The molecule has 1 amide bonds. The number of hydrogen-bond acceptors (Lipinski definition) is 4. The average Bonchev–Trinajstić information content (AvgIpc) is 2.68. The van der Waals surface area contributed by atoms with Gasteiger partial charge in [-0.05, 0) is 27.7 Å². The van der Waals surface area contributed by atoms with Crippen LogP contribution in [0.3, 0.4) is 0 Å². The first-order valence-corrected chi connectivity index (χ1v) is 6.47. The summed E-state index contributed by atoms with van der Waals surface area (Å²) in [6.45, 7) is 8.74. The van der Waals surface area contributed by atoms with E-state index in [-0.39, 0.29) is 12.1 Å². The second kappa shape index (κ2) is 6.56. The second-order valence-corrected chi connectivity index (χ2v) is 5.50. The lowest BCUT2D eigenvalue weighted by atomic mass is 10.2. The van der Waals surface area contributed by atoms with Crippen LogP contribution in [0.4, 0.5) is 4.79 Å². The highest BCUT2D eigenvalue weighted by molar-refractivity contribution is 5.67. The highest BCUT2D eigenvalue weighted by atomic mass is 16.6. The van der Waals surface area contributed by atoms with E-state index in [0.29, 0.717) is 13.1 Å². The monoisotopic (exact) mass is 268 g/mol. The second-order valence-electron chi connectivity index (χ2n) is 5.50. The Labute approximate surface area is 114 Å². The number of rotatable bonds is 5. The zero-order chi connectivity index (χ0) is 14.5. The number of imidazole rings is 1. The van der Waals surface area contributed by atoms with Crippen molar-refractivity contribution in [1.82, 2.24) is 20.2 Å². The minimum atomic E-state index is -0.461. The summed E-state index contributed by atoms with van der Waals surface area (Å²) < 4.78 is 7.11. The van der Waals surface area contributed by atoms with Crippen molar-refractivity contribution in [2.45, 2.75) is 39.3 Å². The van der Waals surface area contributed by atoms with Gasteiger partial charge in [0, 0.05) is 32.5 Å². The number of nitrogens with one attached hydrogen (secondary N) is 2. The minimum Gasteiger partial charge on any atom is -0.444 e. The quantitative estimate of drug-likeness (QED) is 0.796. The number of hydrogen-bond donors (Lipinski definition) is 2. The van der Waals surface area contributed by atoms with E-state index < -0.39 is 5.60 Å². The molecule has 1 unspecified atom stereocenters. The molecule has 0 aliphatic rings. The number of nitrogens with zero attached hydrogens (tertiary/aromatic N) is 2. The molecule has 108 valence electrons. The van der Waals surface area contributed by atoms with Crippen LogP contribution in [0.5, 0.6) is 0 Å². The smallest absolute Gasteiger partial charge is 0.407 e. The van der Waals surface area contributed by atoms with Crippen molar-refractivity contribution in [2.24, 2.45) is 7.05 Å². The molecule has 1 rings (SSSR count). The van der Waals surface area contributed by atoms with Gasteiger partial charge in [-0.25, -0.2) is 9.78 Å². The molecular weight excluding hydrogens is 244 g/mol. The molecule has 0 saturated heterocycles. The van der Waals surface area contributed by atoms with Crippen LogP contribution in [0.25, 0.3) is 0 Å². The third kappa shape index (κ3) is 5.74. The predicted molar refractivity (Wildman–Crippen MR) is 73.9 cm³/mol. The van der Waals surface area contributed by atoms with Crippen LogP contribution >= 0.6 is 0 Å². The Hall–Kier alpha value is -1.56. The molecule has 0 fully saturated rings. The van der Waals surface area contributed by atoms with Crippen LogP contribution in [-0.4, -0.2) is 34.3 Å². The van der Waals surface area contributed by atoms with Crippen LogP contribution in [-0.2, 0) is 11.8 Å². The molecule has 0 aliphatic heterocycles. The lowest BCUT2D eigenvalue weighted by molar-refractivity contribution is 0.0528. The topological polar surface area (TPSA) is 68.2 Å². The number of alkyl carbamates (subject to hydrolysis) is 1. The van der Waals surface area contributed by atoms with Gasteiger partial charge in [0.05, 0.1) is 6.04 Å². The Morgan fingerprint density at radius 2 is 2.16 bits per heavy atom. The molecule has 2 N–H and O–H groups in total. The van der Waals surface area contributed by atoms with Crippen LogP contribution in [0.2, 0.25) is 0 Å². The molecule has 1 aromatic heterocycles. The molecule has 0 radical (unpaired) electrons. The van der Waals surface area contributed by atoms with Gasteiger partial charge in [-0.1, -0.05) is 0 Å². The van der Waals surface area contributed by atoms with Crippen LogP contribution in [0.15, 0.2) is 12.4 Å².